The molecule has 3 heteroatoms. The van der Waals surface area contributed by atoms with Gasteiger partial charge in [-0.25, -0.2) is 0 Å². The Morgan fingerprint density at radius 3 is 2.25 bits per heavy atom. The van der Waals surface area contributed by atoms with Crippen LogP contribution in [0.15, 0.2) is 30.3 Å². The summed E-state index contributed by atoms with van der Waals surface area (Å²) in [6.07, 6.45) is 5.36. The lowest BCUT2D eigenvalue weighted by atomic mass is 9.63. The van der Waals surface area contributed by atoms with Crippen molar-refractivity contribution in [1.29, 1.82) is 0 Å². The minimum Gasteiger partial charge on any atom is -0.349 e. The molecule has 1 amide bonds. The maximum Gasteiger partial charge on any atom is 0.231 e. The number of rotatable bonds is 5. The second-order valence-electron chi connectivity index (χ2n) is 6.77. The summed E-state index contributed by atoms with van der Waals surface area (Å²) in [5.74, 6) is 0.245. The van der Waals surface area contributed by atoms with E-state index in [2.05, 4.69) is 36.4 Å². The van der Waals surface area contributed by atoms with Gasteiger partial charge in [0, 0.05) is 6.54 Å². The average Bonchev–Trinajstić information content (AvgIpc) is 3.07. The number of carbonyl (C=O) groups is 1. The molecule has 3 rings (SSSR count). The number of carbonyl (C=O) groups excluding carboxylic acids is 1. The first kappa shape index (κ1) is 13.6. The molecule has 2 aliphatic carbocycles. The first-order valence-electron chi connectivity index (χ1n) is 7.59. The van der Waals surface area contributed by atoms with E-state index in [1.807, 2.05) is 18.2 Å². The van der Waals surface area contributed by atoms with Crippen molar-refractivity contribution in [3.63, 3.8) is 0 Å². The molecule has 2 saturated carbocycles. The Labute approximate surface area is 121 Å². The molecule has 0 aromatic heterocycles. The number of nitrogens with zero attached hydrogens (tertiary/aromatic N) is 1. The van der Waals surface area contributed by atoms with Crippen LogP contribution in [0.3, 0.4) is 0 Å². The molecule has 0 bridgehead atoms. The van der Waals surface area contributed by atoms with Crippen molar-refractivity contribution in [2.24, 2.45) is 0 Å². The minimum atomic E-state index is -0.261. The van der Waals surface area contributed by atoms with Crippen LogP contribution in [0.1, 0.15) is 37.7 Å². The van der Waals surface area contributed by atoms with Gasteiger partial charge in [0.25, 0.3) is 0 Å². The van der Waals surface area contributed by atoms with Crippen molar-refractivity contribution >= 4 is 5.91 Å². The summed E-state index contributed by atoms with van der Waals surface area (Å²) in [5.41, 5.74) is 0.964. The Hall–Kier alpha value is -1.35. The summed E-state index contributed by atoms with van der Waals surface area (Å²) < 4.78 is 0. The number of nitrogens with one attached hydrogen (secondary N) is 1. The zero-order chi connectivity index (χ0) is 14.2. The summed E-state index contributed by atoms with van der Waals surface area (Å²) in [6, 6.07) is 10.3. The standard InChI is InChI=1S/C17H24N2O/c1-19(2)13-16(11-12-16)18-15(20)17(9-6-10-17)14-7-4-3-5-8-14/h3-5,7-8H,6,9-13H2,1-2H3,(H,18,20). The van der Waals surface area contributed by atoms with Crippen LogP contribution >= 0.6 is 0 Å². The minimum absolute atomic E-state index is 0.0396. The van der Waals surface area contributed by atoms with Gasteiger partial charge < -0.3 is 10.2 Å². The Kier molecular flexibility index (Phi) is 3.33. The third kappa shape index (κ3) is 2.35. The van der Waals surface area contributed by atoms with Crippen molar-refractivity contribution in [2.75, 3.05) is 20.6 Å². The highest BCUT2D eigenvalue weighted by Crippen LogP contribution is 2.46. The molecule has 2 fully saturated rings. The summed E-state index contributed by atoms with van der Waals surface area (Å²) in [4.78, 5) is 15.0. The summed E-state index contributed by atoms with van der Waals surface area (Å²) in [6.45, 7) is 0.948. The molecular weight excluding hydrogens is 248 g/mol. The topological polar surface area (TPSA) is 32.3 Å². The van der Waals surface area contributed by atoms with Gasteiger partial charge in [0.15, 0.2) is 0 Å². The fraction of sp³-hybridized carbons (Fsp3) is 0.588. The molecular formula is C17H24N2O. The third-order valence-electron chi connectivity index (χ3n) is 4.82. The highest BCUT2D eigenvalue weighted by atomic mass is 16.2. The number of likely N-dealkylation sites (N-methyl/N-ethyl adjacent to an activating group) is 1. The average molecular weight is 272 g/mol. The summed E-state index contributed by atoms with van der Waals surface area (Å²) >= 11 is 0. The zero-order valence-electron chi connectivity index (χ0n) is 12.5. The van der Waals surface area contributed by atoms with Crippen molar-refractivity contribution in [1.82, 2.24) is 10.2 Å². The molecule has 0 heterocycles. The van der Waals surface area contributed by atoms with E-state index in [0.717, 1.165) is 38.6 Å². The predicted octanol–water partition coefficient (Wildman–Crippen LogP) is 2.32. The Morgan fingerprint density at radius 1 is 1.15 bits per heavy atom. The molecule has 1 N–H and O–H groups in total. The Bertz CT molecular complexity index is 487. The van der Waals surface area contributed by atoms with Gasteiger partial charge in [-0.15, -0.1) is 0 Å². The molecule has 1 aromatic rings. The SMILES string of the molecule is CN(C)CC1(NC(=O)C2(c3ccccc3)CCC2)CC1. The van der Waals surface area contributed by atoms with Crippen LogP contribution in [-0.2, 0) is 10.2 Å². The van der Waals surface area contributed by atoms with Crippen molar-refractivity contribution in [3.05, 3.63) is 35.9 Å². The summed E-state index contributed by atoms with van der Waals surface area (Å²) in [7, 11) is 4.14. The third-order valence-corrected chi connectivity index (χ3v) is 4.82. The van der Waals surface area contributed by atoms with E-state index in [4.69, 9.17) is 0 Å². The van der Waals surface area contributed by atoms with Crippen LogP contribution in [0.25, 0.3) is 0 Å². The molecule has 2 aliphatic rings. The van der Waals surface area contributed by atoms with Gasteiger partial charge in [0.2, 0.25) is 5.91 Å². The molecule has 0 spiro atoms. The van der Waals surface area contributed by atoms with E-state index in [9.17, 15) is 4.79 Å². The van der Waals surface area contributed by atoms with Crippen LogP contribution in [0.4, 0.5) is 0 Å². The van der Waals surface area contributed by atoms with Crippen molar-refractivity contribution < 1.29 is 4.79 Å². The van der Waals surface area contributed by atoms with Gasteiger partial charge in [-0.1, -0.05) is 36.8 Å². The molecule has 0 saturated heterocycles. The molecule has 108 valence electrons. The predicted molar refractivity (Wildman–Crippen MR) is 80.6 cm³/mol. The Balaban J connectivity index is 1.76. The second kappa shape index (κ2) is 4.88. The normalized spacial score (nSPS) is 22.1. The van der Waals surface area contributed by atoms with Gasteiger partial charge >= 0.3 is 0 Å². The summed E-state index contributed by atoms with van der Waals surface area (Å²) in [5, 5.41) is 3.36. The molecule has 0 atom stereocenters. The number of amides is 1. The van der Waals surface area contributed by atoms with Gasteiger partial charge in [-0.05, 0) is 45.3 Å². The largest absolute Gasteiger partial charge is 0.349 e. The van der Waals surface area contributed by atoms with E-state index in [-0.39, 0.29) is 16.9 Å². The van der Waals surface area contributed by atoms with Crippen LogP contribution < -0.4 is 5.32 Å². The van der Waals surface area contributed by atoms with Crippen LogP contribution in [-0.4, -0.2) is 37.0 Å². The molecule has 0 radical (unpaired) electrons. The maximum absolute atomic E-state index is 12.9. The first-order chi connectivity index (χ1) is 9.56. The van der Waals surface area contributed by atoms with Gasteiger partial charge in [0.1, 0.15) is 0 Å². The smallest absolute Gasteiger partial charge is 0.231 e. The zero-order valence-corrected chi connectivity index (χ0v) is 12.5. The van der Waals surface area contributed by atoms with Crippen LogP contribution in [0.5, 0.6) is 0 Å². The first-order valence-corrected chi connectivity index (χ1v) is 7.59. The van der Waals surface area contributed by atoms with Crippen LogP contribution in [0.2, 0.25) is 0 Å². The molecule has 0 unspecified atom stereocenters. The lowest BCUT2D eigenvalue weighted by molar-refractivity contribution is -0.131. The lowest BCUT2D eigenvalue weighted by Gasteiger charge is -2.42. The van der Waals surface area contributed by atoms with E-state index in [0.29, 0.717) is 0 Å². The van der Waals surface area contributed by atoms with Crippen molar-refractivity contribution in [3.8, 4) is 0 Å². The fourth-order valence-corrected chi connectivity index (χ4v) is 3.37. The molecule has 20 heavy (non-hydrogen) atoms. The fourth-order valence-electron chi connectivity index (χ4n) is 3.37. The number of benzene rings is 1. The lowest BCUT2D eigenvalue weighted by Crippen LogP contribution is -2.55. The monoisotopic (exact) mass is 272 g/mol. The second-order valence-corrected chi connectivity index (χ2v) is 6.77. The molecule has 3 nitrogen and oxygen atoms in total. The van der Waals surface area contributed by atoms with Crippen LogP contribution in [0, 0.1) is 0 Å². The number of hydrogen-bond donors (Lipinski definition) is 1. The quantitative estimate of drug-likeness (QED) is 0.892. The molecule has 0 aliphatic heterocycles. The highest BCUT2D eigenvalue weighted by Gasteiger charge is 2.51. The Morgan fingerprint density at radius 2 is 1.80 bits per heavy atom. The van der Waals surface area contributed by atoms with E-state index < -0.39 is 0 Å². The van der Waals surface area contributed by atoms with E-state index >= 15 is 0 Å². The molecule has 1 aromatic carbocycles. The van der Waals surface area contributed by atoms with Gasteiger partial charge in [-0.3, -0.25) is 4.79 Å². The highest BCUT2D eigenvalue weighted by molar-refractivity contribution is 5.90. The number of hydrogen-bond acceptors (Lipinski definition) is 2. The van der Waals surface area contributed by atoms with Gasteiger partial charge in [-0.2, -0.15) is 0 Å². The van der Waals surface area contributed by atoms with E-state index in [1.165, 1.54) is 5.56 Å². The van der Waals surface area contributed by atoms with Gasteiger partial charge in [0.05, 0.1) is 11.0 Å². The van der Waals surface area contributed by atoms with E-state index in [1.54, 1.807) is 0 Å². The van der Waals surface area contributed by atoms with Crippen molar-refractivity contribution in [2.45, 2.75) is 43.1 Å². The maximum atomic E-state index is 12.9.